The molecule has 0 heterocycles. The topological polar surface area (TPSA) is 55.4 Å². The Bertz CT molecular complexity index is 449. The van der Waals surface area contributed by atoms with Crippen LogP contribution < -0.4 is 5.32 Å². The number of carbonyl (C=O) groups is 2. The van der Waals surface area contributed by atoms with Crippen LogP contribution >= 0.6 is 0 Å². The summed E-state index contributed by atoms with van der Waals surface area (Å²) in [6, 6.07) is 2.90. The normalized spacial score (nSPS) is 9.94. The van der Waals surface area contributed by atoms with Gasteiger partial charge in [-0.25, -0.2) is 8.78 Å². The predicted molar refractivity (Wildman–Crippen MR) is 59.9 cm³/mol. The van der Waals surface area contributed by atoms with Crippen molar-refractivity contribution in [1.82, 2.24) is 5.32 Å². The SMILES string of the molecule is COC(=O)CCCNC(=O)c1ccc(F)c(F)c1. The molecule has 4 nitrogen and oxygen atoms in total. The van der Waals surface area contributed by atoms with E-state index in [1.165, 1.54) is 13.2 Å². The lowest BCUT2D eigenvalue weighted by Crippen LogP contribution is -2.25. The van der Waals surface area contributed by atoms with Gasteiger partial charge in [0, 0.05) is 18.5 Å². The Hall–Kier alpha value is -1.98. The van der Waals surface area contributed by atoms with E-state index in [0.717, 1.165) is 12.1 Å². The van der Waals surface area contributed by atoms with Crippen molar-refractivity contribution in [2.24, 2.45) is 0 Å². The van der Waals surface area contributed by atoms with Gasteiger partial charge in [-0.15, -0.1) is 0 Å². The van der Waals surface area contributed by atoms with Crippen LogP contribution in [0, 0.1) is 11.6 Å². The number of hydrogen-bond acceptors (Lipinski definition) is 3. The lowest BCUT2D eigenvalue weighted by atomic mass is 10.2. The van der Waals surface area contributed by atoms with Crippen molar-refractivity contribution in [1.29, 1.82) is 0 Å². The van der Waals surface area contributed by atoms with Gasteiger partial charge in [-0.2, -0.15) is 0 Å². The average molecular weight is 257 g/mol. The molecule has 0 saturated carbocycles. The first kappa shape index (κ1) is 14.1. The molecule has 0 bridgehead atoms. The molecular weight excluding hydrogens is 244 g/mol. The van der Waals surface area contributed by atoms with Crippen LogP contribution in [0.25, 0.3) is 0 Å². The van der Waals surface area contributed by atoms with Gasteiger partial charge >= 0.3 is 5.97 Å². The summed E-state index contributed by atoms with van der Waals surface area (Å²) >= 11 is 0. The van der Waals surface area contributed by atoms with E-state index in [4.69, 9.17) is 0 Å². The summed E-state index contributed by atoms with van der Waals surface area (Å²) in [7, 11) is 1.28. The molecule has 0 aromatic heterocycles. The average Bonchev–Trinajstić information content (AvgIpc) is 2.37. The highest BCUT2D eigenvalue weighted by molar-refractivity contribution is 5.94. The standard InChI is InChI=1S/C12H13F2NO3/c1-18-11(16)3-2-6-15-12(17)8-4-5-9(13)10(14)7-8/h4-5,7H,2-3,6H2,1H3,(H,15,17). The van der Waals surface area contributed by atoms with Crippen LogP contribution in [-0.4, -0.2) is 25.5 Å². The Balaban J connectivity index is 2.41. The van der Waals surface area contributed by atoms with E-state index in [0.29, 0.717) is 6.42 Å². The largest absolute Gasteiger partial charge is 0.469 e. The number of hydrogen-bond donors (Lipinski definition) is 1. The van der Waals surface area contributed by atoms with Crippen molar-refractivity contribution in [3.8, 4) is 0 Å². The van der Waals surface area contributed by atoms with E-state index >= 15 is 0 Å². The van der Waals surface area contributed by atoms with Crippen molar-refractivity contribution in [2.45, 2.75) is 12.8 Å². The molecule has 1 N–H and O–H groups in total. The quantitative estimate of drug-likeness (QED) is 0.644. The third kappa shape index (κ3) is 4.12. The van der Waals surface area contributed by atoms with E-state index in [1.54, 1.807) is 0 Å². The number of amides is 1. The third-order valence-corrected chi connectivity index (χ3v) is 2.25. The number of nitrogens with one attached hydrogen (secondary N) is 1. The number of esters is 1. The minimum Gasteiger partial charge on any atom is -0.469 e. The summed E-state index contributed by atoms with van der Waals surface area (Å²) in [5.74, 6) is -2.95. The van der Waals surface area contributed by atoms with Gasteiger partial charge in [0.05, 0.1) is 7.11 Å². The molecule has 6 heteroatoms. The van der Waals surface area contributed by atoms with Crippen LogP contribution in [0.5, 0.6) is 0 Å². The first-order valence-electron chi connectivity index (χ1n) is 5.34. The number of benzene rings is 1. The van der Waals surface area contributed by atoms with Crippen molar-refractivity contribution in [3.63, 3.8) is 0 Å². The summed E-state index contributed by atoms with van der Waals surface area (Å²) in [6.45, 7) is 0.257. The fraction of sp³-hybridized carbons (Fsp3) is 0.333. The molecular formula is C12H13F2NO3. The molecule has 0 fully saturated rings. The summed E-state index contributed by atoms with van der Waals surface area (Å²) < 4.78 is 29.9. The third-order valence-electron chi connectivity index (χ3n) is 2.25. The van der Waals surface area contributed by atoms with Crippen LogP contribution in [-0.2, 0) is 9.53 Å². The lowest BCUT2D eigenvalue weighted by molar-refractivity contribution is -0.140. The van der Waals surface area contributed by atoms with Gasteiger partial charge in [-0.05, 0) is 24.6 Å². The summed E-state index contributed by atoms with van der Waals surface area (Å²) in [5, 5.41) is 2.49. The Morgan fingerprint density at radius 3 is 2.61 bits per heavy atom. The summed E-state index contributed by atoms with van der Waals surface area (Å²) in [4.78, 5) is 22.3. The first-order chi connectivity index (χ1) is 8.54. The van der Waals surface area contributed by atoms with Gasteiger partial charge in [0.2, 0.25) is 0 Å². The minimum absolute atomic E-state index is 0.0342. The van der Waals surface area contributed by atoms with Crippen molar-refractivity contribution in [3.05, 3.63) is 35.4 Å². The number of halogens is 2. The van der Waals surface area contributed by atoms with Gasteiger partial charge in [0.15, 0.2) is 11.6 Å². The second-order valence-corrected chi connectivity index (χ2v) is 3.56. The number of methoxy groups -OCH3 is 1. The Labute approximate surface area is 103 Å². The smallest absolute Gasteiger partial charge is 0.305 e. The molecule has 18 heavy (non-hydrogen) atoms. The van der Waals surface area contributed by atoms with Crippen LogP contribution in [0.3, 0.4) is 0 Å². The fourth-order valence-electron chi connectivity index (χ4n) is 1.28. The van der Waals surface area contributed by atoms with Gasteiger partial charge in [0.25, 0.3) is 5.91 Å². The Morgan fingerprint density at radius 2 is 2.00 bits per heavy atom. The highest BCUT2D eigenvalue weighted by Crippen LogP contribution is 2.08. The zero-order chi connectivity index (χ0) is 13.5. The molecule has 0 aliphatic heterocycles. The van der Waals surface area contributed by atoms with Crippen LogP contribution in [0.1, 0.15) is 23.2 Å². The van der Waals surface area contributed by atoms with Crippen LogP contribution in [0.2, 0.25) is 0 Å². The zero-order valence-corrected chi connectivity index (χ0v) is 9.83. The van der Waals surface area contributed by atoms with Crippen molar-refractivity contribution in [2.75, 3.05) is 13.7 Å². The molecule has 0 aliphatic carbocycles. The summed E-state index contributed by atoms with van der Waals surface area (Å²) in [5.41, 5.74) is 0.0342. The maximum atomic E-state index is 12.9. The molecule has 0 aliphatic rings. The first-order valence-corrected chi connectivity index (χ1v) is 5.34. The molecule has 0 atom stereocenters. The summed E-state index contributed by atoms with van der Waals surface area (Å²) in [6.07, 6.45) is 0.608. The van der Waals surface area contributed by atoms with Crippen molar-refractivity contribution >= 4 is 11.9 Å². The monoisotopic (exact) mass is 257 g/mol. The molecule has 1 aromatic carbocycles. The lowest BCUT2D eigenvalue weighted by Gasteiger charge is -2.05. The van der Waals surface area contributed by atoms with Gasteiger partial charge in [0.1, 0.15) is 0 Å². The molecule has 1 aromatic rings. The van der Waals surface area contributed by atoms with E-state index in [2.05, 4.69) is 10.1 Å². The highest BCUT2D eigenvalue weighted by atomic mass is 19.2. The second kappa shape index (κ2) is 6.68. The molecule has 1 rings (SSSR count). The van der Waals surface area contributed by atoms with E-state index < -0.39 is 17.5 Å². The van der Waals surface area contributed by atoms with Gasteiger partial charge in [-0.3, -0.25) is 9.59 Å². The van der Waals surface area contributed by atoms with E-state index in [1.807, 2.05) is 0 Å². The van der Waals surface area contributed by atoms with Crippen LogP contribution in [0.4, 0.5) is 8.78 Å². The number of rotatable bonds is 5. The molecule has 0 saturated heterocycles. The second-order valence-electron chi connectivity index (χ2n) is 3.56. The molecule has 1 amide bonds. The van der Waals surface area contributed by atoms with E-state index in [9.17, 15) is 18.4 Å². The molecule has 0 radical (unpaired) electrons. The number of ether oxygens (including phenoxy) is 1. The number of carbonyl (C=O) groups excluding carboxylic acids is 2. The fourth-order valence-corrected chi connectivity index (χ4v) is 1.28. The maximum absolute atomic E-state index is 12.9. The molecule has 98 valence electrons. The molecule has 0 unspecified atom stereocenters. The highest BCUT2D eigenvalue weighted by Gasteiger charge is 2.09. The van der Waals surface area contributed by atoms with Crippen molar-refractivity contribution < 1.29 is 23.1 Å². The van der Waals surface area contributed by atoms with E-state index in [-0.39, 0.29) is 24.5 Å². The maximum Gasteiger partial charge on any atom is 0.305 e. The minimum atomic E-state index is -1.07. The van der Waals surface area contributed by atoms with Gasteiger partial charge < -0.3 is 10.1 Å². The molecule has 0 spiro atoms. The predicted octanol–water partition coefficient (Wildman–Crippen LogP) is 1.65. The zero-order valence-electron chi connectivity index (χ0n) is 9.83. The Kier molecular flexibility index (Phi) is 5.23. The Morgan fingerprint density at radius 1 is 1.28 bits per heavy atom. The van der Waals surface area contributed by atoms with Gasteiger partial charge in [-0.1, -0.05) is 0 Å². The van der Waals surface area contributed by atoms with Crippen LogP contribution in [0.15, 0.2) is 18.2 Å².